The van der Waals surface area contributed by atoms with Crippen LogP contribution in [0.4, 0.5) is 0 Å². The Labute approximate surface area is 176 Å². The number of nitrogens with one attached hydrogen (secondary N) is 3. The molecular formula is C21H39ClN4O2. The highest BCUT2D eigenvalue weighted by Gasteiger charge is 2.25. The molecule has 6 nitrogen and oxygen atoms in total. The van der Waals surface area contributed by atoms with Crippen LogP contribution >= 0.6 is 12.4 Å². The maximum atomic E-state index is 12.2. The number of halogens is 1. The van der Waals surface area contributed by atoms with Gasteiger partial charge >= 0.3 is 0 Å². The van der Waals surface area contributed by atoms with E-state index in [-0.39, 0.29) is 30.3 Å². The first-order valence-corrected chi connectivity index (χ1v) is 11.2. The lowest BCUT2D eigenvalue weighted by molar-refractivity contribution is -0.123. The average Bonchev–Trinajstić information content (AvgIpc) is 3.25. The molecule has 7 heteroatoms. The Hall–Kier alpha value is -0.850. The zero-order chi connectivity index (χ0) is 18.9. The van der Waals surface area contributed by atoms with Gasteiger partial charge in [-0.3, -0.25) is 9.59 Å². The van der Waals surface area contributed by atoms with Crippen molar-refractivity contribution in [2.75, 3.05) is 39.3 Å². The molecule has 3 aliphatic rings. The Morgan fingerprint density at radius 3 is 2.39 bits per heavy atom. The highest BCUT2D eigenvalue weighted by Crippen LogP contribution is 2.22. The molecule has 162 valence electrons. The van der Waals surface area contributed by atoms with Crippen LogP contribution in [0.5, 0.6) is 0 Å². The van der Waals surface area contributed by atoms with E-state index in [2.05, 4.69) is 20.9 Å². The zero-order valence-electron chi connectivity index (χ0n) is 17.2. The van der Waals surface area contributed by atoms with Gasteiger partial charge in [-0.15, -0.1) is 12.4 Å². The smallest absolute Gasteiger partial charge is 0.237 e. The lowest BCUT2D eigenvalue weighted by atomic mass is 9.89. The topological polar surface area (TPSA) is 73.5 Å². The summed E-state index contributed by atoms with van der Waals surface area (Å²) in [6.07, 6.45) is 11.5. The molecule has 1 saturated carbocycles. The van der Waals surface area contributed by atoms with Crippen molar-refractivity contribution in [3.05, 3.63) is 0 Å². The molecule has 2 aliphatic heterocycles. The Kier molecular flexibility index (Phi) is 10.6. The lowest BCUT2D eigenvalue weighted by Crippen LogP contribution is -2.46. The molecule has 0 bridgehead atoms. The maximum Gasteiger partial charge on any atom is 0.237 e. The number of piperidine rings is 1. The molecule has 3 N–H and O–H groups in total. The quantitative estimate of drug-likeness (QED) is 0.568. The molecule has 0 aromatic rings. The number of carbonyl (C=O) groups is 2. The Balaban J connectivity index is 0.00000280. The van der Waals surface area contributed by atoms with Crippen molar-refractivity contribution >= 4 is 24.2 Å². The van der Waals surface area contributed by atoms with Gasteiger partial charge in [0.25, 0.3) is 0 Å². The number of amides is 2. The number of carbonyl (C=O) groups excluding carboxylic acids is 2. The highest BCUT2D eigenvalue weighted by atomic mass is 35.5. The summed E-state index contributed by atoms with van der Waals surface area (Å²) in [5, 5.41) is 9.53. The summed E-state index contributed by atoms with van der Waals surface area (Å²) in [6.45, 7) is 5.49. The minimum Gasteiger partial charge on any atom is -0.356 e. The van der Waals surface area contributed by atoms with Gasteiger partial charge in [0.05, 0.1) is 6.04 Å². The van der Waals surface area contributed by atoms with E-state index in [1.807, 2.05) is 0 Å². The second-order valence-corrected chi connectivity index (χ2v) is 8.76. The first kappa shape index (κ1) is 23.4. The van der Waals surface area contributed by atoms with Crippen LogP contribution in [-0.4, -0.2) is 62.0 Å². The SMILES string of the molecule is Cl.O=C(CCN1CCCC(CNC(=O)C2CCCN2)C1)NCC1CCCCC1. The highest BCUT2D eigenvalue weighted by molar-refractivity contribution is 5.85. The van der Waals surface area contributed by atoms with Crippen molar-refractivity contribution in [1.82, 2.24) is 20.9 Å². The van der Waals surface area contributed by atoms with Gasteiger partial charge in [-0.25, -0.2) is 0 Å². The molecule has 28 heavy (non-hydrogen) atoms. The number of nitrogens with zero attached hydrogens (tertiary/aromatic N) is 1. The van der Waals surface area contributed by atoms with Gasteiger partial charge < -0.3 is 20.9 Å². The Morgan fingerprint density at radius 2 is 1.64 bits per heavy atom. The minimum absolute atomic E-state index is 0. The summed E-state index contributed by atoms with van der Waals surface area (Å²) >= 11 is 0. The van der Waals surface area contributed by atoms with Crippen LogP contribution in [0.15, 0.2) is 0 Å². The van der Waals surface area contributed by atoms with Crippen molar-refractivity contribution in [2.45, 2.75) is 70.3 Å². The maximum absolute atomic E-state index is 12.2. The second-order valence-electron chi connectivity index (χ2n) is 8.76. The molecule has 3 fully saturated rings. The number of likely N-dealkylation sites (tertiary alicyclic amines) is 1. The van der Waals surface area contributed by atoms with Crippen LogP contribution < -0.4 is 16.0 Å². The molecular weight excluding hydrogens is 376 g/mol. The molecule has 0 spiro atoms. The predicted molar refractivity (Wildman–Crippen MR) is 115 cm³/mol. The van der Waals surface area contributed by atoms with Crippen molar-refractivity contribution in [3.63, 3.8) is 0 Å². The monoisotopic (exact) mass is 414 g/mol. The van der Waals surface area contributed by atoms with Crippen LogP contribution in [0.25, 0.3) is 0 Å². The third kappa shape index (κ3) is 7.88. The standard InChI is InChI=1S/C21H38N4O2.ClH/c26-20(23-14-17-6-2-1-3-7-17)10-13-25-12-5-8-18(16-25)15-24-21(27)19-9-4-11-22-19;/h17-19,22H,1-16H2,(H,23,26)(H,24,27);1H. The van der Waals surface area contributed by atoms with Gasteiger partial charge in [-0.2, -0.15) is 0 Å². The molecule has 2 unspecified atom stereocenters. The van der Waals surface area contributed by atoms with E-state index in [1.54, 1.807) is 0 Å². The average molecular weight is 415 g/mol. The molecule has 3 rings (SSSR count). The van der Waals surface area contributed by atoms with E-state index in [0.717, 1.165) is 58.5 Å². The second kappa shape index (κ2) is 12.7. The van der Waals surface area contributed by atoms with Crippen molar-refractivity contribution in [1.29, 1.82) is 0 Å². The number of rotatable bonds is 8. The molecule has 2 heterocycles. The summed E-state index contributed by atoms with van der Waals surface area (Å²) in [4.78, 5) is 26.7. The summed E-state index contributed by atoms with van der Waals surface area (Å²) in [7, 11) is 0. The van der Waals surface area contributed by atoms with Crippen LogP contribution in [0.1, 0.15) is 64.2 Å². The van der Waals surface area contributed by atoms with Crippen LogP contribution in [0.2, 0.25) is 0 Å². The van der Waals surface area contributed by atoms with Crippen LogP contribution in [0.3, 0.4) is 0 Å². The van der Waals surface area contributed by atoms with E-state index in [0.29, 0.717) is 18.3 Å². The van der Waals surface area contributed by atoms with Crippen LogP contribution in [0, 0.1) is 11.8 Å². The fraction of sp³-hybridized carbons (Fsp3) is 0.905. The van der Waals surface area contributed by atoms with Gasteiger partial charge in [0.15, 0.2) is 0 Å². The van der Waals surface area contributed by atoms with Crippen molar-refractivity contribution in [3.8, 4) is 0 Å². The third-order valence-electron chi connectivity index (χ3n) is 6.51. The molecule has 2 saturated heterocycles. The molecule has 0 aromatic heterocycles. The van der Waals surface area contributed by atoms with E-state index < -0.39 is 0 Å². The molecule has 2 amide bonds. The van der Waals surface area contributed by atoms with E-state index in [4.69, 9.17) is 0 Å². The van der Waals surface area contributed by atoms with E-state index >= 15 is 0 Å². The number of hydrogen-bond donors (Lipinski definition) is 3. The predicted octanol–water partition coefficient (Wildman–Crippen LogP) is 2.08. The van der Waals surface area contributed by atoms with Gasteiger partial charge in [-0.05, 0) is 63.5 Å². The van der Waals surface area contributed by atoms with Gasteiger partial charge in [0.2, 0.25) is 11.8 Å². The minimum atomic E-state index is 0. The fourth-order valence-corrected chi connectivity index (χ4v) is 4.79. The fourth-order valence-electron chi connectivity index (χ4n) is 4.79. The summed E-state index contributed by atoms with van der Waals surface area (Å²) in [5.74, 6) is 1.56. The molecule has 2 atom stereocenters. The van der Waals surface area contributed by atoms with Crippen LogP contribution in [-0.2, 0) is 9.59 Å². The lowest BCUT2D eigenvalue weighted by Gasteiger charge is -2.33. The first-order chi connectivity index (χ1) is 13.2. The molecule has 0 aromatic carbocycles. The van der Waals surface area contributed by atoms with Gasteiger partial charge in [0, 0.05) is 32.6 Å². The number of hydrogen-bond acceptors (Lipinski definition) is 4. The zero-order valence-corrected chi connectivity index (χ0v) is 18.0. The van der Waals surface area contributed by atoms with Crippen molar-refractivity contribution in [2.24, 2.45) is 11.8 Å². The molecule has 1 aliphatic carbocycles. The summed E-state index contributed by atoms with van der Waals surface area (Å²) < 4.78 is 0. The van der Waals surface area contributed by atoms with Gasteiger partial charge in [0.1, 0.15) is 0 Å². The van der Waals surface area contributed by atoms with Gasteiger partial charge in [-0.1, -0.05) is 19.3 Å². The molecule has 0 radical (unpaired) electrons. The Bertz CT molecular complexity index is 479. The Morgan fingerprint density at radius 1 is 0.893 bits per heavy atom. The first-order valence-electron chi connectivity index (χ1n) is 11.2. The normalized spacial score (nSPS) is 26.4. The van der Waals surface area contributed by atoms with E-state index in [1.165, 1.54) is 38.5 Å². The largest absolute Gasteiger partial charge is 0.356 e. The third-order valence-corrected chi connectivity index (χ3v) is 6.51. The summed E-state index contributed by atoms with van der Waals surface area (Å²) in [6, 6.07) is 0.0116. The van der Waals surface area contributed by atoms with Crippen molar-refractivity contribution < 1.29 is 9.59 Å². The van der Waals surface area contributed by atoms with E-state index in [9.17, 15) is 9.59 Å². The summed E-state index contributed by atoms with van der Waals surface area (Å²) in [5.41, 5.74) is 0.